The molecule has 0 aromatic heterocycles. The number of carboxylic acids is 1. The number of hydrogen-bond donors (Lipinski definition) is 3. The molecule has 0 aliphatic carbocycles. The fourth-order valence-electron chi connectivity index (χ4n) is 2.56. The minimum atomic E-state index is -1.15. The Kier molecular flexibility index (Phi) is 5.59. The summed E-state index contributed by atoms with van der Waals surface area (Å²) in [4.78, 5) is 23.2. The summed E-state index contributed by atoms with van der Waals surface area (Å²) >= 11 is 5.87. The molecule has 1 aromatic carbocycles. The Morgan fingerprint density at radius 3 is 2.90 bits per heavy atom. The van der Waals surface area contributed by atoms with E-state index in [-0.39, 0.29) is 22.2 Å². The highest BCUT2D eigenvalue weighted by Crippen LogP contribution is 2.25. The summed E-state index contributed by atoms with van der Waals surface area (Å²) in [5.74, 6) is -0.805. The standard InChI is InChI=1S/C15H19ClN2O3/c16-11-4-1-5-12(14(11)15(20)21)18-13(19)7-6-10-3-2-8-17-9-10/h1,4-5,10,17H,2-3,6-9H2,(H,18,19)(H,20,21). The van der Waals surface area contributed by atoms with Gasteiger partial charge in [-0.3, -0.25) is 4.79 Å². The molecule has 1 heterocycles. The highest BCUT2D eigenvalue weighted by atomic mass is 35.5. The van der Waals surface area contributed by atoms with Crippen molar-refractivity contribution in [2.24, 2.45) is 5.92 Å². The molecule has 21 heavy (non-hydrogen) atoms. The smallest absolute Gasteiger partial charge is 0.339 e. The van der Waals surface area contributed by atoms with Gasteiger partial charge in [0.25, 0.3) is 0 Å². The summed E-state index contributed by atoms with van der Waals surface area (Å²) in [5.41, 5.74) is 0.189. The number of rotatable bonds is 5. The van der Waals surface area contributed by atoms with Gasteiger partial charge in [0.2, 0.25) is 5.91 Å². The molecule has 1 fully saturated rings. The summed E-state index contributed by atoms with van der Waals surface area (Å²) in [5, 5.41) is 15.2. The Labute approximate surface area is 128 Å². The summed E-state index contributed by atoms with van der Waals surface area (Å²) in [6, 6.07) is 4.67. The lowest BCUT2D eigenvalue weighted by Crippen LogP contribution is -2.30. The van der Waals surface area contributed by atoms with Crippen LogP contribution in [0.15, 0.2) is 18.2 Å². The summed E-state index contributed by atoms with van der Waals surface area (Å²) in [6.45, 7) is 2.00. The zero-order valence-electron chi connectivity index (χ0n) is 11.7. The molecule has 6 heteroatoms. The first kappa shape index (κ1) is 15.8. The first-order valence-electron chi connectivity index (χ1n) is 7.10. The van der Waals surface area contributed by atoms with Crippen LogP contribution < -0.4 is 10.6 Å². The van der Waals surface area contributed by atoms with Gasteiger partial charge in [-0.05, 0) is 50.4 Å². The topological polar surface area (TPSA) is 78.4 Å². The summed E-state index contributed by atoms with van der Waals surface area (Å²) < 4.78 is 0. The first-order valence-corrected chi connectivity index (χ1v) is 7.48. The Morgan fingerprint density at radius 1 is 1.43 bits per heavy atom. The van der Waals surface area contributed by atoms with E-state index in [1.54, 1.807) is 12.1 Å². The third-order valence-corrected chi connectivity index (χ3v) is 4.00. The monoisotopic (exact) mass is 310 g/mol. The van der Waals surface area contributed by atoms with Crippen molar-refractivity contribution in [1.82, 2.24) is 5.32 Å². The molecule has 1 atom stereocenters. The van der Waals surface area contributed by atoms with Gasteiger partial charge in [0.05, 0.1) is 10.7 Å². The summed E-state index contributed by atoms with van der Waals surface area (Å²) in [7, 11) is 0. The molecule has 1 aliphatic heterocycles. The van der Waals surface area contributed by atoms with Gasteiger partial charge >= 0.3 is 5.97 Å². The highest BCUT2D eigenvalue weighted by molar-refractivity contribution is 6.34. The molecule has 1 amide bonds. The number of carboxylic acid groups (broad SMARTS) is 1. The van der Waals surface area contributed by atoms with Gasteiger partial charge in [0.1, 0.15) is 5.56 Å². The van der Waals surface area contributed by atoms with Crippen LogP contribution in [-0.2, 0) is 4.79 Å². The number of amides is 1. The molecule has 114 valence electrons. The summed E-state index contributed by atoms with van der Waals surface area (Å²) in [6.07, 6.45) is 3.47. The average molecular weight is 311 g/mol. The van der Waals surface area contributed by atoms with Crippen LogP contribution in [0.3, 0.4) is 0 Å². The van der Waals surface area contributed by atoms with Gasteiger partial charge in [-0.15, -0.1) is 0 Å². The molecule has 5 nitrogen and oxygen atoms in total. The third kappa shape index (κ3) is 4.44. The van der Waals surface area contributed by atoms with Gasteiger partial charge < -0.3 is 15.7 Å². The second kappa shape index (κ2) is 7.43. The van der Waals surface area contributed by atoms with Crippen molar-refractivity contribution in [3.63, 3.8) is 0 Å². The van der Waals surface area contributed by atoms with E-state index in [9.17, 15) is 9.59 Å². The van der Waals surface area contributed by atoms with Crippen LogP contribution in [0.5, 0.6) is 0 Å². The number of hydrogen-bond acceptors (Lipinski definition) is 3. The number of aromatic carboxylic acids is 1. The van der Waals surface area contributed by atoms with E-state index in [1.807, 2.05) is 0 Å². The minimum Gasteiger partial charge on any atom is -0.478 e. The predicted molar refractivity (Wildman–Crippen MR) is 81.9 cm³/mol. The van der Waals surface area contributed by atoms with Crippen LogP contribution >= 0.6 is 11.6 Å². The van der Waals surface area contributed by atoms with E-state index in [1.165, 1.54) is 6.07 Å². The Hall–Kier alpha value is -1.59. The Balaban J connectivity index is 1.93. The van der Waals surface area contributed by atoms with E-state index in [2.05, 4.69) is 10.6 Å². The number of anilines is 1. The minimum absolute atomic E-state index is 0.0631. The Morgan fingerprint density at radius 2 is 2.24 bits per heavy atom. The zero-order chi connectivity index (χ0) is 15.2. The highest BCUT2D eigenvalue weighted by Gasteiger charge is 2.18. The molecule has 0 spiro atoms. The van der Waals surface area contributed by atoms with Gasteiger partial charge in [-0.2, -0.15) is 0 Å². The number of benzene rings is 1. The lowest BCUT2D eigenvalue weighted by atomic mass is 9.94. The van der Waals surface area contributed by atoms with Crippen LogP contribution in [0, 0.1) is 5.92 Å². The maximum atomic E-state index is 12.0. The average Bonchev–Trinajstić information content (AvgIpc) is 2.46. The second-order valence-electron chi connectivity index (χ2n) is 5.27. The molecule has 1 saturated heterocycles. The first-order chi connectivity index (χ1) is 10.1. The fourth-order valence-corrected chi connectivity index (χ4v) is 2.82. The van der Waals surface area contributed by atoms with E-state index in [4.69, 9.17) is 16.7 Å². The number of carbonyl (C=O) groups is 2. The molecular formula is C15H19ClN2O3. The molecule has 1 unspecified atom stereocenters. The number of carbonyl (C=O) groups excluding carboxylic acids is 1. The molecule has 3 N–H and O–H groups in total. The van der Waals surface area contributed by atoms with Crippen molar-refractivity contribution in [3.05, 3.63) is 28.8 Å². The largest absolute Gasteiger partial charge is 0.478 e. The molecule has 2 rings (SSSR count). The van der Waals surface area contributed by atoms with Crippen molar-refractivity contribution >= 4 is 29.2 Å². The van der Waals surface area contributed by atoms with Crippen molar-refractivity contribution in [1.29, 1.82) is 0 Å². The predicted octanol–water partition coefficient (Wildman–Crippen LogP) is 2.76. The maximum Gasteiger partial charge on any atom is 0.339 e. The normalized spacial score (nSPS) is 18.2. The SMILES string of the molecule is O=C(CCC1CCCNC1)Nc1cccc(Cl)c1C(=O)O. The number of nitrogens with one attached hydrogen (secondary N) is 2. The second-order valence-corrected chi connectivity index (χ2v) is 5.67. The van der Waals surface area contributed by atoms with Crippen LogP contribution in [-0.4, -0.2) is 30.1 Å². The molecule has 0 bridgehead atoms. The van der Waals surface area contributed by atoms with Crippen LogP contribution in [0.25, 0.3) is 0 Å². The molecule has 0 saturated carbocycles. The maximum absolute atomic E-state index is 12.0. The fraction of sp³-hybridized carbons (Fsp3) is 0.467. The van der Waals surface area contributed by atoms with Crippen molar-refractivity contribution in [2.45, 2.75) is 25.7 Å². The number of piperidine rings is 1. The van der Waals surface area contributed by atoms with E-state index in [0.29, 0.717) is 12.3 Å². The van der Waals surface area contributed by atoms with E-state index in [0.717, 1.165) is 32.4 Å². The van der Waals surface area contributed by atoms with Gasteiger partial charge in [-0.25, -0.2) is 4.79 Å². The molecule has 1 aromatic rings. The lowest BCUT2D eigenvalue weighted by molar-refractivity contribution is -0.116. The van der Waals surface area contributed by atoms with Crippen molar-refractivity contribution < 1.29 is 14.7 Å². The van der Waals surface area contributed by atoms with Gasteiger partial charge in [0, 0.05) is 6.42 Å². The van der Waals surface area contributed by atoms with E-state index >= 15 is 0 Å². The molecule has 0 radical (unpaired) electrons. The number of halogens is 1. The zero-order valence-corrected chi connectivity index (χ0v) is 12.4. The quantitative estimate of drug-likeness (QED) is 0.781. The van der Waals surface area contributed by atoms with Crippen LogP contribution in [0.4, 0.5) is 5.69 Å². The lowest BCUT2D eigenvalue weighted by Gasteiger charge is -2.22. The molecule has 1 aliphatic rings. The van der Waals surface area contributed by atoms with Crippen LogP contribution in [0.2, 0.25) is 5.02 Å². The molecular weight excluding hydrogens is 292 g/mol. The van der Waals surface area contributed by atoms with Gasteiger partial charge in [0.15, 0.2) is 0 Å². The van der Waals surface area contributed by atoms with Crippen LogP contribution in [0.1, 0.15) is 36.0 Å². The van der Waals surface area contributed by atoms with E-state index < -0.39 is 5.97 Å². The third-order valence-electron chi connectivity index (χ3n) is 3.68. The van der Waals surface area contributed by atoms with Crippen molar-refractivity contribution in [2.75, 3.05) is 18.4 Å². The van der Waals surface area contributed by atoms with Gasteiger partial charge in [-0.1, -0.05) is 17.7 Å². The Bertz CT molecular complexity index is 528. The van der Waals surface area contributed by atoms with Crippen molar-refractivity contribution in [3.8, 4) is 0 Å².